The van der Waals surface area contributed by atoms with Gasteiger partial charge in [-0.3, -0.25) is 0 Å². The van der Waals surface area contributed by atoms with Crippen LogP contribution in [0.25, 0.3) is 0 Å². The molecule has 1 unspecified atom stereocenters. The molecule has 0 N–H and O–H groups in total. The van der Waals surface area contributed by atoms with Crippen molar-refractivity contribution in [2.45, 2.75) is 38.6 Å². The van der Waals surface area contributed by atoms with E-state index in [1.165, 1.54) is 0 Å². The standard InChI is InChI=1S/C23H27Cl2N3/c1-3-5-16-27-17-6-7-21(4-2)28(22-14-10-19(25)11-15-22)23(27)26-20-12-8-18(24)9-13-20/h4,8-15,21H,2-3,5-7,16-17H2,1H3. The zero-order valence-electron chi connectivity index (χ0n) is 16.3. The molecule has 5 heteroatoms. The van der Waals surface area contributed by atoms with Gasteiger partial charge in [-0.1, -0.05) is 42.6 Å². The van der Waals surface area contributed by atoms with Gasteiger partial charge in [0, 0.05) is 28.8 Å². The Morgan fingerprint density at radius 2 is 1.71 bits per heavy atom. The van der Waals surface area contributed by atoms with Crippen molar-refractivity contribution in [2.75, 3.05) is 18.0 Å². The number of anilines is 1. The van der Waals surface area contributed by atoms with Gasteiger partial charge in [0.1, 0.15) is 0 Å². The van der Waals surface area contributed by atoms with Gasteiger partial charge in [-0.25, -0.2) is 4.99 Å². The maximum atomic E-state index is 6.14. The van der Waals surface area contributed by atoms with Gasteiger partial charge >= 0.3 is 0 Å². The van der Waals surface area contributed by atoms with Crippen LogP contribution in [0.15, 0.2) is 66.2 Å². The van der Waals surface area contributed by atoms with Gasteiger partial charge in [0.25, 0.3) is 0 Å². The molecule has 1 atom stereocenters. The Balaban J connectivity index is 2.09. The molecule has 1 fully saturated rings. The van der Waals surface area contributed by atoms with Crippen molar-refractivity contribution in [3.8, 4) is 0 Å². The van der Waals surface area contributed by atoms with Crippen molar-refractivity contribution in [3.63, 3.8) is 0 Å². The predicted octanol–water partition coefficient (Wildman–Crippen LogP) is 6.94. The second-order valence-electron chi connectivity index (χ2n) is 7.02. The van der Waals surface area contributed by atoms with Gasteiger partial charge in [-0.15, -0.1) is 6.58 Å². The third kappa shape index (κ3) is 5.09. The van der Waals surface area contributed by atoms with E-state index in [9.17, 15) is 0 Å². The number of rotatable bonds is 6. The van der Waals surface area contributed by atoms with E-state index >= 15 is 0 Å². The average molecular weight is 416 g/mol. The molecule has 1 aliphatic heterocycles. The first-order valence-corrected chi connectivity index (χ1v) is 10.6. The summed E-state index contributed by atoms with van der Waals surface area (Å²) in [7, 11) is 0. The van der Waals surface area contributed by atoms with Crippen LogP contribution < -0.4 is 4.90 Å². The van der Waals surface area contributed by atoms with Crippen LogP contribution in [0, 0.1) is 0 Å². The Morgan fingerprint density at radius 1 is 1.07 bits per heavy atom. The molecule has 0 bridgehead atoms. The van der Waals surface area contributed by atoms with Crippen molar-refractivity contribution in [1.82, 2.24) is 4.90 Å². The second-order valence-corrected chi connectivity index (χ2v) is 7.89. The summed E-state index contributed by atoms with van der Waals surface area (Å²) in [5.41, 5.74) is 1.97. The first kappa shape index (κ1) is 20.8. The van der Waals surface area contributed by atoms with Gasteiger partial charge in [0.05, 0.1) is 11.7 Å². The second kappa shape index (κ2) is 9.99. The van der Waals surface area contributed by atoms with E-state index in [1.807, 2.05) is 42.5 Å². The first-order chi connectivity index (χ1) is 13.6. The van der Waals surface area contributed by atoms with Gasteiger partial charge in [-0.05, 0) is 67.8 Å². The minimum Gasteiger partial charge on any atom is -0.342 e. The van der Waals surface area contributed by atoms with E-state index in [4.69, 9.17) is 28.2 Å². The first-order valence-electron chi connectivity index (χ1n) is 9.89. The maximum absolute atomic E-state index is 6.14. The normalized spacial score (nSPS) is 19.0. The third-order valence-electron chi connectivity index (χ3n) is 4.97. The number of benzene rings is 2. The number of nitrogens with zero attached hydrogens (tertiary/aromatic N) is 3. The molecule has 0 saturated carbocycles. The zero-order valence-corrected chi connectivity index (χ0v) is 17.8. The molecule has 148 valence electrons. The van der Waals surface area contributed by atoms with E-state index in [-0.39, 0.29) is 6.04 Å². The number of halogens is 2. The summed E-state index contributed by atoms with van der Waals surface area (Å²) in [4.78, 5) is 9.75. The molecule has 1 heterocycles. The molecule has 0 aromatic heterocycles. The lowest BCUT2D eigenvalue weighted by Gasteiger charge is -2.35. The lowest BCUT2D eigenvalue weighted by molar-refractivity contribution is 0.404. The van der Waals surface area contributed by atoms with Crippen LogP contribution in [0.3, 0.4) is 0 Å². The lowest BCUT2D eigenvalue weighted by atomic mass is 10.1. The van der Waals surface area contributed by atoms with Crippen molar-refractivity contribution in [1.29, 1.82) is 0 Å². The molecule has 28 heavy (non-hydrogen) atoms. The molecule has 3 nitrogen and oxygen atoms in total. The van der Waals surface area contributed by atoms with Gasteiger partial charge in [-0.2, -0.15) is 0 Å². The van der Waals surface area contributed by atoms with Crippen LogP contribution in [-0.2, 0) is 0 Å². The van der Waals surface area contributed by atoms with Crippen LogP contribution >= 0.6 is 23.2 Å². The smallest absolute Gasteiger partial charge is 0.206 e. The topological polar surface area (TPSA) is 18.8 Å². The highest BCUT2D eigenvalue weighted by molar-refractivity contribution is 6.31. The minimum atomic E-state index is 0.179. The molecule has 1 aliphatic rings. The summed E-state index contributed by atoms with van der Waals surface area (Å²) in [6, 6.07) is 15.8. The maximum Gasteiger partial charge on any atom is 0.206 e. The third-order valence-corrected chi connectivity index (χ3v) is 5.48. The number of guanidine groups is 1. The molecule has 2 aromatic carbocycles. The number of aliphatic imine (C=N–C) groups is 1. The Hall–Kier alpha value is -1.97. The Kier molecular flexibility index (Phi) is 7.41. The zero-order chi connectivity index (χ0) is 19.9. The fourth-order valence-electron chi connectivity index (χ4n) is 3.47. The molecule has 0 spiro atoms. The summed E-state index contributed by atoms with van der Waals surface area (Å²) >= 11 is 12.2. The molecule has 3 rings (SSSR count). The fraction of sp³-hybridized carbons (Fsp3) is 0.348. The lowest BCUT2D eigenvalue weighted by Crippen LogP contribution is -2.47. The molecule has 0 amide bonds. The predicted molar refractivity (Wildman–Crippen MR) is 122 cm³/mol. The molecular weight excluding hydrogens is 389 g/mol. The Labute approximate surface area is 178 Å². The summed E-state index contributed by atoms with van der Waals surface area (Å²) < 4.78 is 0. The van der Waals surface area contributed by atoms with Gasteiger partial charge in [0.2, 0.25) is 5.96 Å². The van der Waals surface area contributed by atoms with E-state index in [0.717, 1.165) is 61.1 Å². The van der Waals surface area contributed by atoms with Crippen LogP contribution in [0.4, 0.5) is 11.4 Å². The number of hydrogen-bond donors (Lipinski definition) is 0. The van der Waals surface area contributed by atoms with Crippen LogP contribution in [0.1, 0.15) is 32.6 Å². The molecule has 0 aliphatic carbocycles. The SMILES string of the molecule is C=CC1CCCN(CCCC)C(=Nc2ccc(Cl)cc2)N1c1ccc(Cl)cc1. The van der Waals surface area contributed by atoms with E-state index in [1.54, 1.807) is 0 Å². The van der Waals surface area contributed by atoms with Crippen molar-refractivity contribution < 1.29 is 0 Å². The van der Waals surface area contributed by atoms with Crippen LogP contribution in [0.5, 0.6) is 0 Å². The highest BCUT2D eigenvalue weighted by atomic mass is 35.5. The highest BCUT2D eigenvalue weighted by Crippen LogP contribution is 2.28. The monoisotopic (exact) mass is 415 g/mol. The van der Waals surface area contributed by atoms with E-state index in [0.29, 0.717) is 5.02 Å². The van der Waals surface area contributed by atoms with Gasteiger partial charge < -0.3 is 9.80 Å². The fourth-order valence-corrected chi connectivity index (χ4v) is 3.72. The Morgan fingerprint density at radius 3 is 2.32 bits per heavy atom. The summed E-state index contributed by atoms with van der Waals surface area (Å²) in [6.07, 6.45) is 6.44. The van der Waals surface area contributed by atoms with Crippen molar-refractivity contribution >= 4 is 40.5 Å². The minimum absolute atomic E-state index is 0.179. The van der Waals surface area contributed by atoms with Crippen LogP contribution in [0.2, 0.25) is 10.0 Å². The molecule has 0 radical (unpaired) electrons. The van der Waals surface area contributed by atoms with Crippen molar-refractivity contribution in [3.05, 3.63) is 71.2 Å². The Bertz CT molecular complexity index is 800. The molecular formula is C23H27Cl2N3. The van der Waals surface area contributed by atoms with E-state index in [2.05, 4.69) is 35.4 Å². The largest absolute Gasteiger partial charge is 0.342 e. The molecule has 2 aromatic rings. The van der Waals surface area contributed by atoms with Crippen molar-refractivity contribution in [2.24, 2.45) is 4.99 Å². The highest BCUT2D eigenvalue weighted by Gasteiger charge is 2.29. The average Bonchev–Trinajstić information content (AvgIpc) is 2.88. The molecule has 1 saturated heterocycles. The number of hydrogen-bond acceptors (Lipinski definition) is 1. The summed E-state index contributed by atoms with van der Waals surface area (Å²) in [5, 5.41) is 1.44. The number of unbranched alkanes of at least 4 members (excludes halogenated alkanes) is 1. The summed E-state index contributed by atoms with van der Waals surface area (Å²) in [6.45, 7) is 8.29. The quantitative estimate of drug-likeness (QED) is 0.475. The van der Waals surface area contributed by atoms with Crippen LogP contribution in [-0.4, -0.2) is 30.0 Å². The summed E-state index contributed by atoms with van der Waals surface area (Å²) in [5.74, 6) is 0.959. The van der Waals surface area contributed by atoms with E-state index < -0.39 is 0 Å². The van der Waals surface area contributed by atoms with Gasteiger partial charge in [0.15, 0.2) is 0 Å².